The van der Waals surface area contributed by atoms with Gasteiger partial charge in [0.1, 0.15) is 0 Å². The second-order valence-electron chi connectivity index (χ2n) is 6.67. The minimum atomic E-state index is 0.554. The Balaban J connectivity index is 1.81. The molecule has 0 fully saturated rings. The van der Waals surface area contributed by atoms with Crippen LogP contribution in [0.5, 0.6) is 0 Å². The van der Waals surface area contributed by atoms with Gasteiger partial charge in [0, 0.05) is 17.3 Å². The van der Waals surface area contributed by atoms with Crippen LogP contribution in [-0.4, -0.2) is 19.7 Å². The van der Waals surface area contributed by atoms with Crippen LogP contribution in [0.25, 0.3) is 16.9 Å². The first-order valence-electron chi connectivity index (χ1n) is 8.80. The van der Waals surface area contributed by atoms with Gasteiger partial charge in [0.25, 0.3) is 0 Å². The molecule has 0 amide bonds. The molecule has 1 N–H and O–H groups in total. The number of nitrogens with zero attached hydrogens (tertiary/aromatic N) is 4. The highest BCUT2D eigenvalue weighted by Crippen LogP contribution is 2.24. The van der Waals surface area contributed by atoms with Crippen LogP contribution in [-0.2, 0) is 6.54 Å². The molecule has 0 bridgehead atoms. The Morgan fingerprint density at radius 1 is 0.963 bits per heavy atom. The summed E-state index contributed by atoms with van der Waals surface area (Å²) in [6.07, 6.45) is 0. The summed E-state index contributed by atoms with van der Waals surface area (Å²) in [5.41, 5.74) is 5.79. The lowest BCUT2D eigenvalue weighted by molar-refractivity contribution is 0.805. The smallest absolute Gasteiger partial charge is 0.197 e. The molecule has 0 aliphatic heterocycles. The van der Waals surface area contributed by atoms with Crippen LogP contribution in [0.15, 0.2) is 48.5 Å². The van der Waals surface area contributed by atoms with Crippen molar-refractivity contribution < 1.29 is 0 Å². The monoisotopic (exact) mass is 377 g/mol. The first-order valence-corrected chi connectivity index (χ1v) is 9.18. The Morgan fingerprint density at radius 2 is 1.78 bits per heavy atom. The van der Waals surface area contributed by atoms with E-state index in [1.165, 1.54) is 0 Å². The SMILES string of the molecule is Cc1ccc2nc(NCc3ccccc3Cl)c(-n3nc(C)cc3C)nc2c1. The molecule has 2 aromatic heterocycles. The van der Waals surface area contributed by atoms with Crippen molar-refractivity contribution in [3.8, 4) is 5.82 Å². The molecule has 0 saturated carbocycles. The van der Waals surface area contributed by atoms with Crippen molar-refractivity contribution in [1.29, 1.82) is 0 Å². The summed E-state index contributed by atoms with van der Waals surface area (Å²) in [7, 11) is 0. The van der Waals surface area contributed by atoms with Crippen molar-refractivity contribution in [3.63, 3.8) is 0 Å². The van der Waals surface area contributed by atoms with E-state index in [1.54, 1.807) is 0 Å². The van der Waals surface area contributed by atoms with Crippen molar-refractivity contribution in [2.45, 2.75) is 27.3 Å². The van der Waals surface area contributed by atoms with Crippen LogP contribution in [0.1, 0.15) is 22.5 Å². The Kier molecular flexibility index (Phi) is 4.54. The van der Waals surface area contributed by atoms with E-state index in [0.717, 1.165) is 38.6 Å². The van der Waals surface area contributed by atoms with Crippen molar-refractivity contribution in [2.75, 3.05) is 5.32 Å². The highest BCUT2D eigenvalue weighted by molar-refractivity contribution is 6.31. The predicted octanol–water partition coefficient (Wildman–Crippen LogP) is 5.01. The quantitative estimate of drug-likeness (QED) is 0.543. The van der Waals surface area contributed by atoms with E-state index in [-0.39, 0.29) is 0 Å². The average molecular weight is 378 g/mol. The van der Waals surface area contributed by atoms with Crippen molar-refractivity contribution in [2.24, 2.45) is 0 Å². The van der Waals surface area contributed by atoms with Crippen molar-refractivity contribution >= 4 is 28.5 Å². The van der Waals surface area contributed by atoms with Gasteiger partial charge in [0.15, 0.2) is 11.6 Å². The van der Waals surface area contributed by atoms with Gasteiger partial charge in [-0.3, -0.25) is 0 Å². The van der Waals surface area contributed by atoms with Gasteiger partial charge in [0.05, 0.1) is 16.7 Å². The van der Waals surface area contributed by atoms with Crippen LogP contribution in [0.4, 0.5) is 5.82 Å². The van der Waals surface area contributed by atoms with Gasteiger partial charge in [0.2, 0.25) is 0 Å². The van der Waals surface area contributed by atoms with Gasteiger partial charge < -0.3 is 5.32 Å². The molecule has 0 spiro atoms. The molecule has 5 nitrogen and oxygen atoms in total. The fourth-order valence-electron chi connectivity index (χ4n) is 3.09. The van der Waals surface area contributed by atoms with Gasteiger partial charge in [-0.1, -0.05) is 35.9 Å². The molecular weight excluding hydrogens is 358 g/mol. The van der Waals surface area contributed by atoms with Gasteiger partial charge >= 0.3 is 0 Å². The van der Waals surface area contributed by atoms with Crippen LogP contribution in [0.3, 0.4) is 0 Å². The number of aryl methyl sites for hydroxylation is 3. The van der Waals surface area contributed by atoms with Crippen LogP contribution in [0.2, 0.25) is 5.02 Å². The summed E-state index contributed by atoms with van der Waals surface area (Å²) < 4.78 is 1.83. The number of anilines is 1. The fourth-order valence-corrected chi connectivity index (χ4v) is 3.29. The highest BCUT2D eigenvalue weighted by atomic mass is 35.5. The van der Waals surface area contributed by atoms with E-state index in [2.05, 4.69) is 10.4 Å². The molecule has 4 rings (SSSR count). The summed E-state index contributed by atoms with van der Waals surface area (Å²) in [6.45, 7) is 6.59. The van der Waals surface area contributed by atoms with Crippen LogP contribution >= 0.6 is 11.6 Å². The summed E-state index contributed by atoms with van der Waals surface area (Å²) >= 11 is 6.29. The third-order valence-corrected chi connectivity index (χ3v) is 4.78. The number of rotatable bonds is 4. The first kappa shape index (κ1) is 17.5. The number of benzene rings is 2. The largest absolute Gasteiger partial charge is 0.363 e. The lowest BCUT2D eigenvalue weighted by Crippen LogP contribution is -2.11. The molecule has 6 heteroatoms. The molecular formula is C21H20ClN5. The number of nitrogens with one attached hydrogen (secondary N) is 1. The van der Waals surface area contributed by atoms with Crippen molar-refractivity contribution in [1.82, 2.24) is 19.7 Å². The Hall–Kier alpha value is -2.92. The lowest BCUT2D eigenvalue weighted by atomic mass is 10.2. The zero-order chi connectivity index (χ0) is 19.0. The first-order chi connectivity index (χ1) is 13.0. The van der Waals surface area contributed by atoms with Crippen LogP contribution in [0, 0.1) is 20.8 Å². The number of hydrogen-bond acceptors (Lipinski definition) is 4. The fraction of sp³-hybridized carbons (Fsp3) is 0.190. The Labute approximate surface area is 163 Å². The van der Waals surface area contributed by atoms with Gasteiger partial charge in [-0.05, 0) is 56.2 Å². The van der Waals surface area contributed by atoms with E-state index in [4.69, 9.17) is 21.6 Å². The van der Waals surface area contributed by atoms with Gasteiger partial charge in [-0.15, -0.1) is 0 Å². The zero-order valence-corrected chi connectivity index (χ0v) is 16.2. The van der Waals surface area contributed by atoms with Crippen molar-refractivity contribution in [3.05, 3.63) is 76.1 Å². The van der Waals surface area contributed by atoms with Gasteiger partial charge in [-0.2, -0.15) is 5.10 Å². The number of hydrogen-bond donors (Lipinski definition) is 1. The standard InChI is InChI=1S/C21H20ClN5/c1-13-8-9-18-19(10-13)25-21(27-15(3)11-14(2)26-27)20(24-18)23-12-16-6-4-5-7-17(16)22/h4-11H,12H2,1-3H3,(H,23,24). The third-order valence-electron chi connectivity index (χ3n) is 4.42. The number of aromatic nitrogens is 4. The number of halogens is 1. The molecule has 27 heavy (non-hydrogen) atoms. The maximum absolute atomic E-state index is 6.29. The molecule has 136 valence electrons. The number of fused-ring (bicyclic) bond motifs is 1. The zero-order valence-electron chi connectivity index (χ0n) is 15.5. The van der Waals surface area contributed by atoms with Gasteiger partial charge in [-0.25, -0.2) is 14.6 Å². The van der Waals surface area contributed by atoms with E-state index in [0.29, 0.717) is 18.2 Å². The normalized spacial score (nSPS) is 11.1. The minimum absolute atomic E-state index is 0.554. The molecule has 2 aromatic carbocycles. The predicted molar refractivity (Wildman–Crippen MR) is 110 cm³/mol. The molecule has 2 heterocycles. The second-order valence-corrected chi connectivity index (χ2v) is 7.08. The molecule has 4 aromatic rings. The molecule has 0 aliphatic carbocycles. The average Bonchev–Trinajstić information content (AvgIpc) is 2.98. The minimum Gasteiger partial charge on any atom is -0.363 e. The molecule has 0 atom stereocenters. The molecule has 0 aliphatic rings. The topological polar surface area (TPSA) is 55.6 Å². The third kappa shape index (κ3) is 3.51. The Morgan fingerprint density at radius 3 is 2.52 bits per heavy atom. The maximum Gasteiger partial charge on any atom is 0.197 e. The lowest BCUT2D eigenvalue weighted by Gasteiger charge is -2.14. The van der Waals surface area contributed by atoms with E-state index < -0.39 is 0 Å². The van der Waals surface area contributed by atoms with Crippen LogP contribution < -0.4 is 5.32 Å². The molecule has 0 saturated heterocycles. The maximum atomic E-state index is 6.29. The summed E-state index contributed by atoms with van der Waals surface area (Å²) in [5, 5.41) is 8.71. The molecule has 0 unspecified atom stereocenters. The summed E-state index contributed by atoms with van der Waals surface area (Å²) in [4.78, 5) is 9.67. The summed E-state index contributed by atoms with van der Waals surface area (Å²) in [5.74, 6) is 1.36. The van der Waals surface area contributed by atoms with E-state index >= 15 is 0 Å². The Bertz CT molecular complexity index is 1130. The summed E-state index contributed by atoms with van der Waals surface area (Å²) in [6, 6.07) is 15.9. The second kappa shape index (κ2) is 7.00. The highest BCUT2D eigenvalue weighted by Gasteiger charge is 2.14. The van der Waals surface area contributed by atoms with E-state index in [9.17, 15) is 0 Å². The molecule has 0 radical (unpaired) electrons. The van der Waals surface area contributed by atoms with E-state index in [1.807, 2.05) is 74.0 Å².